The highest BCUT2D eigenvalue weighted by Crippen LogP contribution is 2.36. The van der Waals surface area contributed by atoms with Gasteiger partial charge in [-0.1, -0.05) is 18.2 Å². The quantitative estimate of drug-likeness (QED) is 0.797. The summed E-state index contributed by atoms with van der Waals surface area (Å²) < 4.78 is 23.5. The molecule has 0 saturated carbocycles. The number of hydrogen-bond donors (Lipinski definition) is 0. The molecular weight excluding hydrogens is 277 g/mol. The number of hydrogen-bond acceptors (Lipinski definition) is 5. The number of benzene rings is 1. The zero-order chi connectivity index (χ0) is 15.4. The average molecular weight is 291 g/mol. The van der Waals surface area contributed by atoms with Crippen molar-refractivity contribution in [2.75, 3.05) is 14.2 Å². The Bertz CT molecular complexity index is 624. The first-order chi connectivity index (χ1) is 10.1. The van der Waals surface area contributed by atoms with Crippen LogP contribution >= 0.6 is 0 Å². The van der Waals surface area contributed by atoms with E-state index in [-0.39, 0.29) is 11.1 Å². The van der Waals surface area contributed by atoms with E-state index in [0.717, 1.165) is 0 Å². The van der Waals surface area contributed by atoms with E-state index in [1.165, 1.54) is 44.8 Å². The van der Waals surface area contributed by atoms with Crippen molar-refractivity contribution in [1.82, 2.24) is 0 Å². The van der Waals surface area contributed by atoms with Crippen molar-refractivity contribution in [3.8, 4) is 0 Å². The Morgan fingerprint density at radius 3 is 2.52 bits per heavy atom. The maximum atomic E-state index is 14.1. The van der Waals surface area contributed by atoms with Gasteiger partial charge in [-0.15, -0.1) is 0 Å². The van der Waals surface area contributed by atoms with Crippen LogP contribution in [0, 0.1) is 11.7 Å². The van der Waals surface area contributed by atoms with E-state index in [0.29, 0.717) is 0 Å². The maximum absolute atomic E-state index is 14.1. The van der Waals surface area contributed by atoms with Crippen LogP contribution in [0.1, 0.15) is 11.5 Å². The minimum atomic E-state index is -0.883. The van der Waals surface area contributed by atoms with Gasteiger partial charge in [0.2, 0.25) is 0 Å². The largest absolute Gasteiger partial charge is 0.468 e. The number of methoxy groups -OCH3 is 2. The van der Waals surface area contributed by atoms with E-state index in [4.69, 9.17) is 4.74 Å². The normalized spacial score (nSPS) is 20.6. The molecule has 0 spiro atoms. The number of carbonyl (C=O) groups is 2. The molecular formula is C15H14FNO4. The molecule has 0 aromatic heterocycles. The van der Waals surface area contributed by atoms with Gasteiger partial charge in [0.15, 0.2) is 0 Å². The second-order valence-corrected chi connectivity index (χ2v) is 4.42. The Morgan fingerprint density at radius 2 is 1.90 bits per heavy atom. The van der Waals surface area contributed by atoms with Crippen LogP contribution in [0.5, 0.6) is 0 Å². The number of aliphatic imine (C=N–C) groups is 1. The van der Waals surface area contributed by atoms with Crippen molar-refractivity contribution < 1.29 is 23.5 Å². The molecule has 0 radical (unpaired) electrons. The van der Waals surface area contributed by atoms with E-state index >= 15 is 0 Å². The Balaban J connectivity index is 2.54. The van der Waals surface area contributed by atoms with Crippen LogP contribution in [0.15, 0.2) is 41.0 Å². The molecule has 0 bridgehead atoms. The Labute approximate surface area is 121 Å². The summed E-state index contributed by atoms with van der Waals surface area (Å²) in [6, 6.07) is 5.95. The predicted molar refractivity (Wildman–Crippen MR) is 73.2 cm³/mol. The molecule has 0 amide bonds. The lowest BCUT2D eigenvalue weighted by Gasteiger charge is -2.26. The molecule has 0 aliphatic carbocycles. The summed E-state index contributed by atoms with van der Waals surface area (Å²) in [5.74, 6) is -3.48. The fraction of sp³-hybridized carbons (Fsp3) is 0.267. The monoisotopic (exact) mass is 291 g/mol. The van der Waals surface area contributed by atoms with Crippen molar-refractivity contribution in [2.45, 2.75) is 5.92 Å². The van der Waals surface area contributed by atoms with Crippen molar-refractivity contribution in [1.29, 1.82) is 0 Å². The first-order valence-electron chi connectivity index (χ1n) is 6.24. The third-order valence-corrected chi connectivity index (χ3v) is 3.29. The SMILES string of the molecule is COC(=O)C1=CN=CC(C(=O)OC)[C@@H]1c1ccccc1F. The number of carbonyl (C=O) groups excluding carboxylic acids is 2. The van der Waals surface area contributed by atoms with Crippen LogP contribution in [-0.4, -0.2) is 32.4 Å². The summed E-state index contributed by atoms with van der Waals surface area (Å²) in [6.07, 6.45) is 2.62. The van der Waals surface area contributed by atoms with Crippen molar-refractivity contribution in [2.24, 2.45) is 10.9 Å². The minimum absolute atomic E-state index is 0.112. The van der Waals surface area contributed by atoms with Crippen molar-refractivity contribution in [3.05, 3.63) is 47.4 Å². The fourth-order valence-electron chi connectivity index (χ4n) is 2.29. The summed E-state index contributed by atoms with van der Waals surface area (Å²) in [5.41, 5.74) is 0.330. The lowest BCUT2D eigenvalue weighted by Crippen LogP contribution is -2.31. The van der Waals surface area contributed by atoms with Crippen LogP contribution in [0.2, 0.25) is 0 Å². The van der Waals surface area contributed by atoms with Crippen LogP contribution in [0.25, 0.3) is 0 Å². The molecule has 21 heavy (non-hydrogen) atoms. The number of rotatable bonds is 3. The molecule has 1 aromatic rings. The summed E-state index contributed by atoms with van der Waals surface area (Å²) in [7, 11) is 2.44. The number of halogens is 1. The molecule has 2 atom stereocenters. The lowest BCUT2D eigenvalue weighted by atomic mass is 9.79. The second-order valence-electron chi connectivity index (χ2n) is 4.42. The summed E-state index contributed by atoms with van der Waals surface area (Å²) >= 11 is 0. The van der Waals surface area contributed by atoms with Gasteiger partial charge in [-0.05, 0) is 11.6 Å². The number of ether oxygens (including phenoxy) is 2. The van der Waals surface area contributed by atoms with Gasteiger partial charge in [-0.3, -0.25) is 9.79 Å². The molecule has 5 nitrogen and oxygen atoms in total. The van der Waals surface area contributed by atoms with Crippen molar-refractivity contribution in [3.63, 3.8) is 0 Å². The van der Waals surface area contributed by atoms with Gasteiger partial charge in [0.25, 0.3) is 0 Å². The zero-order valence-electron chi connectivity index (χ0n) is 11.6. The second kappa shape index (κ2) is 6.30. The first kappa shape index (κ1) is 14.9. The van der Waals surface area contributed by atoms with Gasteiger partial charge >= 0.3 is 11.9 Å². The number of nitrogens with zero attached hydrogens (tertiary/aromatic N) is 1. The standard InChI is InChI=1S/C15H14FNO4/c1-20-14(18)10-7-17-8-11(15(19)21-2)13(10)9-5-3-4-6-12(9)16/h3-8,10,13H,1-2H3/t10?,13-/m0/s1. The summed E-state index contributed by atoms with van der Waals surface area (Å²) in [5, 5.41) is 0. The van der Waals surface area contributed by atoms with Gasteiger partial charge in [-0.25, -0.2) is 9.18 Å². The van der Waals surface area contributed by atoms with E-state index in [1.54, 1.807) is 6.07 Å². The van der Waals surface area contributed by atoms with Gasteiger partial charge in [0, 0.05) is 18.3 Å². The van der Waals surface area contributed by atoms with Gasteiger partial charge < -0.3 is 9.47 Å². The lowest BCUT2D eigenvalue weighted by molar-refractivity contribution is -0.143. The zero-order valence-corrected chi connectivity index (χ0v) is 11.6. The van der Waals surface area contributed by atoms with Crippen LogP contribution in [0.4, 0.5) is 4.39 Å². The molecule has 0 fully saturated rings. The van der Waals surface area contributed by atoms with Crippen molar-refractivity contribution >= 4 is 18.2 Å². The molecule has 110 valence electrons. The number of esters is 2. The van der Waals surface area contributed by atoms with E-state index in [2.05, 4.69) is 9.73 Å². The molecule has 6 heteroatoms. The predicted octanol–water partition coefficient (Wildman–Crippen LogP) is 1.84. The fourth-order valence-corrected chi connectivity index (χ4v) is 2.29. The highest BCUT2D eigenvalue weighted by Gasteiger charge is 2.38. The molecule has 1 aliphatic rings. The highest BCUT2D eigenvalue weighted by molar-refractivity contribution is 5.99. The van der Waals surface area contributed by atoms with Gasteiger partial charge in [-0.2, -0.15) is 0 Å². The Kier molecular flexibility index (Phi) is 4.47. The summed E-state index contributed by atoms with van der Waals surface area (Å²) in [4.78, 5) is 27.7. The molecule has 0 saturated heterocycles. The molecule has 1 heterocycles. The topological polar surface area (TPSA) is 65.0 Å². The van der Waals surface area contributed by atoms with E-state index < -0.39 is 29.6 Å². The first-order valence-corrected chi connectivity index (χ1v) is 6.24. The van der Waals surface area contributed by atoms with Gasteiger partial charge in [0.05, 0.1) is 19.8 Å². The average Bonchev–Trinajstić information content (AvgIpc) is 2.53. The van der Waals surface area contributed by atoms with E-state index in [1.807, 2.05) is 0 Å². The summed E-state index contributed by atoms with van der Waals surface area (Å²) in [6.45, 7) is 0. The molecule has 1 unspecified atom stereocenters. The van der Waals surface area contributed by atoms with Crippen LogP contribution in [-0.2, 0) is 19.1 Å². The third kappa shape index (κ3) is 2.84. The smallest absolute Gasteiger partial charge is 0.335 e. The third-order valence-electron chi connectivity index (χ3n) is 3.29. The highest BCUT2D eigenvalue weighted by atomic mass is 19.1. The maximum Gasteiger partial charge on any atom is 0.335 e. The van der Waals surface area contributed by atoms with Crippen LogP contribution < -0.4 is 0 Å². The molecule has 1 aromatic carbocycles. The Morgan fingerprint density at radius 1 is 1.19 bits per heavy atom. The van der Waals surface area contributed by atoms with Gasteiger partial charge in [0.1, 0.15) is 11.7 Å². The minimum Gasteiger partial charge on any atom is -0.468 e. The Hall–Kier alpha value is -2.50. The van der Waals surface area contributed by atoms with E-state index in [9.17, 15) is 14.0 Å². The van der Waals surface area contributed by atoms with Crippen LogP contribution in [0.3, 0.4) is 0 Å². The molecule has 1 aliphatic heterocycles. The molecule has 2 rings (SSSR count). The molecule has 0 N–H and O–H groups in total.